The quantitative estimate of drug-likeness (QED) is 0.560. The number of ether oxygens (including phenoxy) is 4. The molecule has 5 heteroatoms. The number of benzene rings is 1. The van der Waals surface area contributed by atoms with Crippen molar-refractivity contribution in [3.8, 4) is 11.5 Å². The Balaban J connectivity index is 2.82. The molecule has 1 aromatic carbocycles. The summed E-state index contributed by atoms with van der Waals surface area (Å²) in [6.45, 7) is 1.64. The van der Waals surface area contributed by atoms with E-state index >= 15 is 0 Å². The lowest BCUT2D eigenvalue weighted by Crippen LogP contribution is -2.05. The van der Waals surface area contributed by atoms with Crippen LogP contribution in [0.25, 0.3) is 0 Å². The highest BCUT2D eigenvalue weighted by Crippen LogP contribution is 2.25. The highest BCUT2D eigenvalue weighted by molar-refractivity contribution is 5.66. The molecule has 0 amide bonds. The van der Waals surface area contributed by atoms with E-state index in [4.69, 9.17) is 18.9 Å². The lowest BCUT2D eigenvalue weighted by atomic mass is 10.2. The van der Waals surface area contributed by atoms with Gasteiger partial charge >= 0.3 is 5.97 Å². The van der Waals surface area contributed by atoms with Crippen molar-refractivity contribution in [3.05, 3.63) is 23.8 Å². The fourth-order valence-electron chi connectivity index (χ4n) is 1.24. The number of carbonyl (C=O) groups excluding carboxylic acids is 1. The minimum atomic E-state index is -0.342. The fraction of sp³-hybridized carbons (Fsp3) is 0.417. The molecule has 0 aliphatic carbocycles. The van der Waals surface area contributed by atoms with Crippen LogP contribution in [0.15, 0.2) is 18.2 Å². The number of methoxy groups -OCH3 is 2. The highest BCUT2D eigenvalue weighted by Gasteiger charge is 2.07. The number of hydrogen-bond acceptors (Lipinski definition) is 5. The second kappa shape index (κ2) is 6.75. The molecule has 0 aromatic heterocycles. The van der Waals surface area contributed by atoms with Crippen LogP contribution in [0.5, 0.6) is 11.5 Å². The van der Waals surface area contributed by atoms with Crippen LogP contribution in [-0.4, -0.2) is 27.0 Å². The Labute approximate surface area is 100 Å². The van der Waals surface area contributed by atoms with Crippen molar-refractivity contribution >= 4 is 5.97 Å². The Morgan fingerprint density at radius 3 is 2.65 bits per heavy atom. The summed E-state index contributed by atoms with van der Waals surface area (Å²) in [5.74, 6) is 0.941. The summed E-state index contributed by atoms with van der Waals surface area (Å²) in [7, 11) is 3.11. The maximum absolute atomic E-state index is 10.8. The van der Waals surface area contributed by atoms with E-state index < -0.39 is 0 Å². The van der Waals surface area contributed by atoms with Gasteiger partial charge in [-0.15, -0.1) is 0 Å². The van der Waals surface area contributed by atoms with E-state index in [1.54, 1.807) is 25.3 Å². The van der Waals surface area contributed by atoms with E-state index in [1.807, 2.05) is 0 Å². The normalized spacial score (nSPS) is 9.82. The van der Waals surface area contributed by atoms with Gasteiger partial charge in [-0.25, -0.2) is 0 Å². The first kappa shape index (κ1) is 13.3. The van der Waals surface area contributed by atoms with Gasteiger partial charge in [0, 0.05) is 19.6 Å². The van der Waals surface area contributed by atoms with E-state index in [9.17, 15) is 4.79 Å². The molecule has 0 spiro atoms. The third-order valence-electron chi connectivity index (χ3n) is 2.03. The zero-order valence-corrected chi connectivity index (χ0v) is 10.2. The van der Waals surface area contributed by atoms with Crippen LogP contribution in [0.2, 0.25) is 0 Å². The van der Waals surface area contributed by atoms with Crippen LogP contribution in [0.4, 0.5) is 0 Å². The zero-order valence-electron chi connectivity index (χ0n) is 10.2. The Kier molecular flexibility index (Phi) is 5.29. The molecule has 0 atom stereocenters. The molecule has 0 fully saturated rings. The first-order chi connectivity index (χ1) is 8.17. The Morgan fingerprint density at radius 1 is 1.29 bits per heavy atom. The lowest BCUT2D eigenvalue weighted by Gasteiger charge is -2.12. The summed E-state index contributed by atoms with van der Waals surface area (Å²) < 4.78 is 20.2. The molecule has 0 aliphatic rings. The molecular weight excluding hydrogens is 224 g/mol. The van der Waals surface area contributed by atoms with Gasteiger partial charge in [-0.2, -0.15) is 0 Å². The summed E-state index contributed by atoms with van der Waals surface area (Å²) in [5.41, 5.74) is 0.733. The van der Waals surface area contributed by atoms with Gasteiger partial charge in [-0.1, -0.05) is 0 Å². The predicted molar refractivity (Wildman–Crippen MR) is 61.0 cm³/mol. The van der Waals surface area contributed by atoms with Gasteiger partial charge in [0.15, 0.2) is 6.79 Å². The molecule has 17 heavy (non-hydrogen) atoms. The smallest absolute Gasteiger partial charge is 0.302 e. The molecule has 94 valence electrons. The lowest BCUT2D eigenvalue weighted by molar-refractivity contribution is -0.142. The minimum Gasteiger partial charge on any atom is -0.497 e. The van der Waals surface area contributed by atoms with Crippen molar-refractivity contribution in [1.82, 2.24) is 0 Å². The van der Waals surface area contributed by atoms with E-state index in [-0.39, 0.29) is 19.4 Å². The van der Waals surface area contributed by atoms with Gasteiger partial charge in [0.25, 0.3) is 0 Å². The van der Waals surface area contributed by atoms with Gasteiger partial charge in [-0.3, -0.25) is 4.79 Å². The van der Waals surface area contributed by atoms with Crippen molar-refractivity contribution in [2.75, 3.05) is 21.0 Å². The summed E-state index contributed by atoms with van der Waals surface area (Å²) >= 11 is 0. The van der Waals surface area contributed by atoms with Crippen LogP contribution in [0.1, 0.15) is 12.5 Å². The van der Waals surface area contributed by atoms with Crippen LogP contribution in [0, 0.1) is 0 Å². The van der Waals surface area contributed by atoms with Crippen molar-refractivity contribution < 1.29 is 23.7 Å². The molecule has 0 bridgehead atoms. The van der Waals surface area contributed by atoms with Gasteiger partial charge in [0.2, 0.25) is 0 Å². The monoisotopic (exact) mass is 240 g/mol. The average Bonchev–Trinajstić information content (AvgIpc) is 2.34. The summed E-state index contributed by atoms with van der Waals surface area (Å²) in [5, 5.41) is 0. The van der Waals surface area contributed by atoms with E-state index in [1.165, 1.54) is 14.0 Å². The Morgan fingerprint density at radius 2 is 2.06 bits per heavy atom. The van der Waals surface area contributed by atoms with Gasteiger partial charge < -0.3 is 18.9 Å². The molecule has 0 heterocycles. The molecule has 5 nitrogen and oxygen atoms in total. The molecule has 0 unspecified atom stereocenters. The number of rotatable bonds is 6. The standard InChI is InChI=1S/C12H16O5/c1-9(13)16-7-10-6-11(15-3)4-5-12(10)17-8-14-2/h4-6H,7-8H2,1-3H3. The second-order valence-corrected chi connectivity index (χ2v) is 3.30. The van der Waals surface area contributed by atoms with Gasteiger partial charge in [0.05, 0.1) is 7.11 Å². The molecule has 0 N–H and O–H groups in total. The first-order valence-corrected chi connectivity index (χ1v) is 5.09. The highest BCUT2D eigenvalue weighted by atomic mass is 16.7. The number of hydrogen-bond donors (Lipinski definition) is 0. The van der Waals surface area contributed by atoms with E-state index in [0.717, 1.165) is 5.56 Å². The summed E-state index contributed by atoms with van der Waals surface area (Å²) in [6.07, 6.45) is 0. The number of esters is 1. The van der Waals surface area contributed by atoms with Crippen molar-refractivity contribution in [1.29, 1.82) is 0 Å². The average molecular weight is 240 g/mol. The second-order valence-electron chi connectivity index (χ2n) is 3.30. The van der Waals surface area contributed by atoms with Gasteiger partial charge in [-0.05, 0) is 18.2 Å². The number of carbonyl (C=O) groups is 1. The third kappa shape index (κ3) is 4.32. The third-order valence-corrected chi connectivity index (χ3v) is 2.03. The van der Waals surface area contributed by atoms with Crippen LogP contribution in [0.3, 0.4) is 0 Å². The predicted octanol–water partition coefficient (Wildman–Crippen LogP) is 1.74. The zero-order chi connectivity index (χ0) is 12.7. The SMILES string of the molecule is COCOc1ccc(OC)cc1COC(C)=O. The first-order valence-electron chi connectivity index (χ1n) is 5.09. The molecule has 1 rings (SSSR count). The Bertz CT molecular complexity index is 375. The molecule has 1 aromatic rings. The Hall–Kier alpha value is -1.75. The molecule has 0 aliphatic heterocycles. The molecule has 0 radical (unpaired) electrons. The summed E-state index contributed by atoms with van der Waals surface area (Å²) in [6, 6.07) is 5.27. The molecule has 0 saturated heterocycles. The van der Waals surface area contributed by atoms with Crippen LogP contribution in [-0.2, 0) is 20.9 Å². The van der Waals surface area contributed by atoms with Crippen LogP contribution >= 0.6 is 0 Å². The fourth-order valence-corrected chi connectivity index (χ4v) is 1.24. The maximum Gasteiger partial charge on any atom is 0.302 e. The van der Waals surface area contributed by atoms with E-state index in [2.05, 4.69) is 0 Å². The minimum absolute atomic E-state index is 0.138. The maximum atomic E-state index is 10.8. The van der Waals surface area contributed by atoms with Gasteiger partial charge in [0.1, 0.15) is 18.1 Å². The van der Waals surface area contributed by atoms with Crippen molar-refractivity contribution in [2.45, 2.75) is 13.5 Å². The molecule has 0 saturated carbocycles. The van der Waals surface area contributed by atoms with Crippen molar-refractivity contribution in [2.24, 2.45) is 0 Å². The van der Waals surface area contributed by atoms with Crippen LogP contribution < -0.4 is 9.47 Å². The topological polar surface area (TPSA) is 54.0 Å². The summed E-state index contributed by atoms with van der Waals surface area (Å²) in [4.78, 5) is 10.8. The molecular formula is C12H16O5. The largest absolute Gasteiger partial charge is 0.497 e. The van der Waals surface area contributed by atoms with Crippen molar-refractivity contribution in [3.63, 3.8) is 0 Å². The van der Waals surface area contributed by atoms with E-state index in [0.29, 0.717) is 11.5 Å².